The highest BCUT2D eigenvalue weighted by Crippen LogP contribution is 2.29. The summed E-state index contributed by atoms with van der Waals surface area (Å²) in [5, 5.41) is 5.02. The van der Waals surface area contributed by atoms with Gasteiger partial charge in [0.25, 0.3) is 11.8 Å². The van der Waals surface area contributed by atoms with Crippen molar-refractivity contribution in [1.82, 2.24) is 20.4 Å². The van der Waals surface area contributed by atoms with Crippen molar-refractivity contribution in [2.24, 2.45) is 0 Å². The molecule has 0 spiro atoms. The first-order chi connectivity index (χ1) is 17.7. The molecular formula is C26H36N4O7. The van der Waals surface area contributed by atoms with Crippen molar-refractivity contribution in [1.29, 1.82) is 0 Å². The molecule has 1 atom stereocenters. The molecule has 2 rings (SSSR count). The van der Waals surface area contributed by atoms with Crippen LogP contribution in [0.3, 0.4) is 0 Å². The Bertz CT molecular complexity index is 976. The molecule has 1 unspecified atom stereocenters. The van der Waals surface area contributed by atoms with E-state index in [2.05, 4.69) is 10.6 Å². The van der Waals surface area contributed by atoms with E-state index < -0.39 is 47.8 Å². The van der Waals surface area contributed by atoms with Crippen LogP contribution >= 0.6 is 0 Å². The Hall–Kier alpha value is -3.76. The van der Waals surface area contributed by atoms with Gasteiger partial charge in [0.1, 0.15) is 6.29 Å². The molecule has 1 saturated heterocycles. The minimum absolute atomic E-state index is 0.0201. The summed E-state index contributed by atoms with van der Waals surface area (Å²) in [5.74, 6) is -3.72. The second-order valence-corrected chi connectivity index (χ2v) is 9.03. The Morgan fingerprint density at radius 2 is 1.70 bits per heavy atom. The van der Waals surface area contributed by atoms with Gasteiger partial charge in [-0.05, 0) is 45.2 Å². The molecule has 1 heterocycles. The number of hydrogen-bond donors (Lipinski definition) is 2. The van der Waals surface area contributed by atoms with E-state index >= 15 is 0 Å². The van der Waals surface area contributed by atoms with Crippen LogP contribution < -0.4 is 10.6 Å². The van der Waals surface area contributed by atoms with Gasteiger partial charge in [-0.2, -0.15) is 0 Å². The van der Waals surface area contributed by atoms with E-state index in [-0.39, 0.29) is 25.1 Å². The molecular weight excluding hydrogens is 480 g/mol. The summed E-state index contributed by atoms with van der Waals surface area (Å²) in [5.41, 5.74) is -2.61. The summed E-state index contributed by atoms with van der Waals surface area (Å²) in [7, 11) is 0. The highest BCUT2D eigenvalue weighted by atomic mass is 16.5. The van der Waals surface area contributed by atoms with Gasteiger partial charge in [0.2, 0.25) is 11.4 Å². The van der Waals surface area contributed by atoms with Crippen molar-refractivity contribution < 1.29 is 33.5 Å². The largest absolute Gasteiger partial charge is 0.461 e. The monoisotopic (exact) mass is 516 g/mol. The smallest absolute Gasteiger partial charge is 0.343 e. The quantitative estimate of drug-likeness (QED) is 0.186. The molecule has 37 heavy (non-hydrogen) atoms. The minimum Gasteiger partial charge on any atom is -0.461 e. The third-order valence-electron chi connectivity index (χ3n) is 5.80. The topological polar surface area (TPSA) is 142 Å². The number of likely N-dealkylation sites (tertiary alicyclic amines) is 1. The van der Waals surface area contributed by atoms with Gasteiger partial charge >= 0.3 is 12.0 Å². The van der Waals surface area contributed by atoms with Crippen molar-refractivity contribution in [2.45, 2.75) is 64.5 Å². The van der Waals surface area contributed by atoms with E-state index in [1.807, 2.05) is 0 Å². The van der Waals surface area contributed by atoms with Crippen LogP contribution in [0, 0.1) is 0 Å². The Labute approximate surface area is 216 Å². The third kappa shape index (κ3) is 7.37. The summed E-state index contributed by atoms with van der Waals surface area (Å²) < 4.78 is 5.42. The van der Waals surface area contributed by atoms with Gasteiger partial charge in [0.05, 0.1) is 12.5 Å². The van der Waals surface area contributed by atoms with Crippen LogP contribution in [0.15, 0.2) is 30.3 Å². The van der Waals surface area contributed by atoms with E-state index in [0.29, 0.717) is 30.7 Å². The normalized spacial score (nSPS) is 14.4. The van der Waals surface area contributed by atoms with Crippen molar-refractivity contribution in [3.8, 4) is 0 Å². The molecule has 1 aromatic rings. The molecule has 0 aromatic heterocycles. The van der Waals surface area contributed by atoms with Crippen molar-refractivity contribution in [3.05, 3.63) is 35.9 Å². The predicted molar refractivity (Wildman–Crippen MR) is 134 cm³/mol. The van der Waals surface area contributed by atoms with Crippen LogP contribution in [0.4, 0.5) is 4.79 Å². The number of aldehydes is 1. The van der Waals surface area contributed by atoms with Gasteiger partial charge in [-0.25, -0.2) is 14.5 Å². The molecule has 0 radical (unpaired) electrons. The van der Waals surface area contributed by atoms with Crippen molar-refractivity contribution in [3.63, 3.8) is 0 Å². The molecule has 202 valence electrons. The molecule has 0 aliphatic carbocycles. The average molecular weight is 517 g/mol. The summed E-state index contributed by atoms with van der Waals surface area (Å²) in [6, 6.07) is 6.55. The van der Waals surface area contributed by atoms with Gasteiger partial charge in [0.15, 0.2) is 0 Å². The van der Waals surface area contributed by atoms with Gasteiger partial charge in [-0.1, -0.05) is 25.1 Å². The summed E-state index contributed by atoms with van der Waals surface area (Å²) in [6.45, 7) is 5.76. The van der Waals surface area contributed by atoms with E-state index in [1.54, 1.807) is 39.0 Å². The lowest BCUT2D eigenvalue weighted by atomic mass is 9.89. The molecule has 1 aliphatic rings. The summed E-state index contributed by atoms with van der Waals surface area (Å²) >= 11 is 0. The van der Waals surface area contributed by atoms with Crippen LogP contribution in [-0.4, -0.2) is 83.6 Å². The first kappa shape index (κ1) is 29.5. The third-order valence-corrected chi connectivity index (χ3v) is 5.80. The Kier molecular flexibility index (Phi) is 11.2. The van der Waals surface area contributed by atoms with E-state index in [0.717, 1.165) is 12.8 Å². The Balaban J connectivity index is 2.74. The number of imide groups is 1. The van der Waals surface area contributed by atoms with Crippen LogP contribution in [0.25, 0.3) is 0 Å². The number of urea groups is 1. The number of carbonyl (C=O) groups is 6. The number of hydrogen-bond acceptors (Lipinski definition) is 7. The maximum absolute atomic E-state index is 13.8. The molecule has 1 aliphatic heterocycles. The maximum Gasteiger partial charge on any atom is 0.343 e. The summed E-state index contributed by atoms with van der Waals surface area (Å²) in [6.07, 6.45) is 1.05. The minimum atomic E-state index is -2.63. The number of nitrogens with zero attached hydrogens (tertiary/aromatic N) is 2. The van der Waals surface area contributed by atoms with E-state index in [9.17, 15) is 28.8 Å². The Morgan fingerprint density at radius 3 is 2.27 bits per heavy atom. The molecule has 0 saturated carbocycles. The zero-order valence-electron chi connectivity index (χ0n) is 21.7. The van der Waals surface area contributed by atoms with Gasteiger partial charge in [-0.3, -0.25) is 14.4 Å². The van der Waals surface area contributed by atoms with E-state index in [1.165, 1.54) is 17.0 Å². The predicted octanol–water partition coefficient (Wildman–Crippen LogP) is 1.66. The zero-order chi connectivity index (χ0) is 27.4. The SMILES string of the molecule is CCCNC(=O)C(CC(=O)N1CCCC1)(C(=O)OC(C)C)N(C(=O)NCCC=O)C(=O)c1ccccc1. The number of nitrogens with one attached hydrogen (secondary N) is 2. The van der Waals surface area contributed by atoms with Crippen LogP contribution in [-0.2, 0) is 23.9 Å². The highest BCUT2D eigenvalue weighted by molar-refractivity contribution is 6.19. The maximum atomic E-state index is 13.8. The standard InChI is InChI=1S/C26H36N4O7/c1-4-13-27-23(34)26(24(35)37-19(2)3,18-21(32)29-15-8-9-16-29)30(25(36)28-14-10-17-31)22(33)20-11-6-5-7-12-20/h5-7,11-12,17,19H,4,8-10,13-16,18H2,1-3H3,(H,27,34)(H,28,36). The van der Waals surface area contributed by atoms with Crippen molar-refractivity contribution >= 4 is 36.0 Å². The lowest BCUT2D eigenvalue weighted by molar-refractivity contribution is -0.167. The highest BCUT2D eigenvalue weighted by Gasteiger charge is 2.59. The first-order valence-corrected chi connectivity index (χ1v) is 12.6. The fraction of sp³-hybridized carbons (Fsp3) is 0.538. The van der Waals surface area contributed by atoms with Crippen LogP contribution in [0.1, 0.15) is 63.2 Å². The average Bonchev–Trinajstić information content (AvgIpc) is 3.42. The van der Waals surface area contributed by atoms with E-state index in [4.69, 9.17) is 4.74 Å². The number of carbonyl (C=O) groups excluding carboxylic acids is 6. The fourth-order valence-electron chi connectivity index (χ4n) is 3.98. The molecule has 0 bridgehead atoms. The number of ether oxygens (including phenoxy) is 1. The van der Waals surface area contributed by atoms with Crippen LogP contribution in [0.5, 0.6) is 0 Å². The number of rotatable bonds is 12. The lowest BCUT2D eigenvalue weighted by Crippen LogP contribution is -2.70. The summed E-state index contributed by atoms with van der Waals surface area (Å²) in [4.78, 5) is 81.1. The number of benzene rings is 1. The molecule has 2 N–H and O–H groups in total. The molecule has 11 nitrogen and oxygen atoms in total. The van der Waals surface area contributed by atoms with Gasteiger partial charge in [-0.15, -0.1) is 0 Å². The van der Waals surface area contributed by atoms with Crippen molar-refractivity contribution in [2.75, 3.05) is 26.2 Å². The van der Waals surface area contributed by atoms with Crippen LogP contribution in [0.2, 0.25) is 0 Å². The zero-order valence-corrected chi connectivity index (χ0v) is 21.7. The fourth-order valence-corrected chi connectivity index (χ4v) is 3.98. The lowest BCUT2D eigenvalue weighted by Gasteiger charge is -2.39. The first-order valence-electron chi connectivity index (χ1n) is 12.6. The van der Waals surface area contributed by atoms with Gasteiger partial charge < -0.3 is 25.1 Å². The Morgan fingerprint density at radius 1 is 1.05 bits per heavy atom. The number of amides is 5. The number of esters is 1. The molecule has 1 aromatic carbocycles. The molecule has 1 fully saturated rings. The second kappa shape index (κ2) is 14.1. The molecule has 5 amide bonds. The van der Waals surface area contributed by atoms with Gasteiger partial charge in [0, 0.05) is 38.2 Å². The molecule has 11 heteroatoms. The second-order valence-electron chi connectivity index (χ2n) is 9.03.